The molecule has 0 radical (unpaired) electrons. The van der Waals surface area contributed by atoms with Crippen LogP contribution in [0.4, 0.5) is 0 Å². The SMILES string of the molecule is C=C(Br)c1ccccc1. The molecule has 0 atom stereocenters. The summed E-state index contributed by atoms with van der Waals surface area (Å²) in [5, 5.41) is 0. The van der Waals surface area contributed by atoms with E-state index >= 15 is 0 Å². The molecule has 0 saturated carbocycles. The second kappa shape index (κ2) is 2.83. The van der Waals surface area contributed by atoms with Crippen molar-refractivity contribution in [1.29, 1.82) is 0 Å². The molecule has 0 saturated heterocycles. The molecule has 1 heteroatoms. The minimum atomic E-state index is 0.933. The lowest BCUT2D eigenvalue weighted by Gasteiger charge is -1.92. The molecule has 0 unspecified atom stereocenters. The van der Waals surface area contributed by atoms with Gasteiger partial charge >= 0.3 is 0 Å². The molecule has 9 heavy (non-hydrogen) atoms. The van der Waals surface area contributed by atoms with E-state index in [1.807, 2.05) is 30.3 Å². The van der Waals surface area contributed by atoms with Crippen LogP contribution in [0, 0.1) is 0 Å². The highest BCUT2D eigenvalue weighted by atomic mass is 79.9. The average molecular weight is 183 g/mol. The fraction of sp³-hybridized carbons (Fsp3) is 0. The molecule has 0 aromatic heterocycles. The van der Waals surface area contributed by atoms with Crippen molar-refractivity contribution in [2.24, 2.45) is 0 Å². The third kappa shape index (κ3) is 1.68. The first-order valence-corrected chi connectivity index (χ1v) is 3.50. The maximum Gasteiger partial charge on any atom is 0.0175 e. The van der Waals surface area contributed by atoms with Gasteiger partial charge in [0.15, 0.2) is 0 Å². The zero-order valence-corrected chi connectivity index (χ0v) is 6.56. The average Bonchev–Trinajstić information content (AvgIpc) is 1.90. The Morgan fingerprint density at radius 1 is 1.22 bits per heavy atom. The van der Waals surface area contributed by atoms with Crippen LogP contribution < -0.4 is 0 Å². The molecule has 46 valence electrons. The van der Waals surface area contributed by atoms with E-state index in [1.54, 1.807) is 0 Å². The normalized spacial score (nSPS) is 9.00. The van der Waals surface area contributed by atoms with Crippen LogP contribution in [-0.4, -0.2) is 0 Å². The van der Waals surface area contributed by atoms with Gasteiger partial charge in [-0.2, -0.15) is 0 Å². The van der Waals surface area contributed by atoms with E-state index in [0.717, 1.165) is 10.0 Å². The zero-order chi connectivity index (χ0) is 6.69. The van der Waals surface area contributed by atoms with Gasteiger partial charge in [0, 0.05) is 4.48 Å². The molecule has 1 aromatic rings. The summed E-state index contributed by atoms with van der Waals surface area (Å²) in [6.45, 7) is 3.74. The highest BCUT2D eigenvalue weighted by Crippen LogP contribution is 2.16. The number of benzene rings is 1. The van der Waals surface area contributed by atoms with E-state index in [2.05, 4.69) is 22.5 Å². The van der Waals surface area contributed by atoms with Crippen molar-refractivity contribution in [2.45, 2.75) is 0 Å². The Hall–Kier alpha value is -0.560. The van der Waals surface area contributed by atoms with Gasteiger partial charge in [0.25, 0.3) is 0 Å². The van der Waals surface area contributed by atoms with E-state index in [0.29, 0.717) is 0 Å². The first-order chi connectivity index (χ1) is 4.30. The van der Waals surface area contributed by atoms with E-state index < -0.39 is 0 Å². The molecule has 1 aromatic carbocycles. The highest BCUT2D eigenvalue weighted by molar-refractivity contribution is 9.15. The van der Waals surface area contributed by atoms with Gasteiger partial charge in [0.2, 0.25) is 0 Å². The van der Waals surface area contributed by atoms with E-state index in [-0.39, 0.29) is 0 Å². The first kappa shape index (κ1) is 6.56. The predicted molar refractivity (Wildman–Crippen MR) is 44.4 cm³/mol. The quantitative estimate of drug-likeness (QED) is 0.627. The van der Waals surface area contributed by atoms with Gasteiger partial charge < -0.3 is 0 Å². The number of hydrogen-bond donors (Lipinski definition) is 0. The minimum Gasteiger partial charge on any atom is -0.0841 e. The van der Waals surface area contributed by atoms with Crippen molar-refractivity contribution in [2.75, 3.05) is 0 Å². The van der Waals surface area contributed by atoms with Gasteiger partial charge in [-0.15, -0.1) is 0 Å². The molecular weight excluding hydrogens is 176 g/mol. The predicted octanol–water partition coefficient (Wildman–Crippen LogP) is 3.05. The summed E-state index contributed by atoms with van der Waals surface area (Å²) in [4.78, 5) is 0. The van der Waals surface area contributed by atoms with Gasteiger partial charge in [-0.25, -0.2) is 0 Å². The second-order valence-corrected chi connectivity index (χ2v) is 2.73. The van der Waals surface area contributed by atoms with Gasteiger partial charge in [-0.05, 0) is 5.56 Å². The molecule has 0 aliphatic carbocycles. The fourth-order valence-electron chi connectivity index (χ4n) is 0.619. The van der Waals surface area contributed by atoms with Gasteiger partial charge in [0.05, 0.1) is 0 Å². The van der Waals surface area contributed by atoms with Crippen LogP contribution in [0.5, 0.6) is 0 Å². The van der Waals surface area contributed by atoms with Gasteiger partial charge in [-0.1, -0.05) is 52.8 Å². The Labute approximate surface area is 63.3 Å². The summed E-state index contributed by atoms with van der Waals surface area (Å²) in [7, 11) is 0. The van der Waals surface area contributed by atoms with Crippen molar-refractivity contribution in [3.05, 3.63) is 42.5 Å². The molecule has 0 spiro atoms. The molecule has 0 N–H and O–H groups in total. The van der Waals surface area contributed by atoms with Crippen LogP contribution in [0.3, 0.4) is 0 Å². The van der Waals surface area contributed by atoms with Crippen molar-refractivity contribution < 1.29 is 0 Å². The number of halogens is 1. The molecule has 0 aliphatic heterocycles. The van der Waals surface area contributed by atoms with Crippen molar-refractivity contribution in [3.63, 3.8) is 0 Å². The Morgan fingerprint density at radius 2 is 1.78 bits per heavy atom. The standard InChI is InChI=1S/C8H7Br/c1-7(9)8-5-3-2-4-6-8/h2-6H,1H2. The van der Waals surface area contributed by atoms with Crippen LogP contribution in [-0.2, 0) is 0 Å². The maximum atomic E-state index is 3.74. The van der Waals surface area contributed by atoms with Crippen LogP contribution in [0.15, 0.2) is 36.9 Å². The molecule has 0 bridgehead atoms. The summed E-state index contributed by atoms with van der Waals surface area (Å²) >= 11 is 3.29. The minimum absolute atomic E-state index is 0.933. The van der Waals surface area contributed by atoms with Crippen LogP contribution >= 0.6 is 15.9 Å². The maximum absolute atomic E-state index is 3.74. The van der Waals surface area contributed by atoms with Crippen molar-refractivity contribution in [3.8, 4) is 0 Å². The lowest BCUT2D eigenvalue weighted by molar-refractivity contribution is 1.66. The van der Waals surface area contributed by atoms with E-state index in [4.69, 9.17) is 0 Å². The number of hydrogen-bond acceptors (Lipinski definition) is 0. The molecule has 0 fully saturated rings. The van der Waals surface area contributed by atoms with Crippen LogP contribution in [0.2, 0.25) is 0 Å². The highest BCUT2D eigenvalue weighted by Gasteiger charge is 1.88. The third-order valence-corrected chi connectivity index (χ3v) is 1.54. The van der Waals surface area contributed by atoms with Crippen molar-refractivity contribution >= 4 is 20.4 Å². The molecule has 0 heterocycles. The summed E-state index contributed by atoms with van der Waals surface area (Å²) in [5.41, 5.74) is 1.14. The molecule has 0 amide bonds. The van der Waals surface area contributed by atoms with Gasteiger partial charge in [-0.3, -0.25) is 0 Å². The molecule has 1 rings (SSSR count). The Morgan fingerprint density at radius 3 is 2.11 bits per heavy atom. The molecular formula is C8H7Br. The fourth-order valence-corrected chi connectivity index (χ4v) is 0.883. The summed E-state index contributed by atoms with van der Waals surface area (Å²) in [6, 6.07) is 9.98. The summed E-state index contributed by atoms with van der Waals surface area (Å²) in [5.74, 6) is 0. The lowest BCUT2D eigenvalue weighted by atomic mass is 10.2. The van der Waals surface area contributed by atoms with Gasteiger partial charge in [0.1, 0.15) is 0 Å². The largest absolute Gasteiger partial charge is 0.0841 e. The van der Waals surface area contributed by atoms with E-state index in [1.165, 1.54) is 0 Å². The Kier molecular flexibility index (Phi) is 2.06. The zero-order valence-electron chi connectivity index (χ0n) is 4.97. The molecule has 0 aliphatic rings. The van der Waals surface area contributed by atoms with Crippen molar-refractivity contribution in [1.82, 2.24) is 0 Å². The topological polar surface area (TPSA) is 0 Å². The Balaban J connectivity index is 2.98. The van der Waals surface area contributed by atoms with E-state index in [9.17, 15) is 0 Å². The summed E-state index contributed by atoms with van der Waals surface area (Å²) in [6.07, 6.45) is 0. The number of rotatable bonds is 1. The second-order valence-electron chi connectivity index (χ2n) is 1.77. The molecule has 0 nitrogen and oxygen atoms in total. The monoisotopic (exact) mass is 182 g/mol. The Bertz CT molecular complexity index is 201. The summed E-state index contributed by atoms with van der Waals surface area (Å²) < 4.78 is 0.933. The van der Waals surface area contributed by atoms with Crippen LogP contribution in [0.1, 0.15) is 5.56 Å². The lowest BCUT2D eigenvalue weighted by Crippen LogP contribution is -1.69. The van der Waals surface area contributed by atoms with Crippen LogP contribution in [0.25, 0.3) is 4.48 Å². The first-order valence-electron chi connectivity index (χ1n) is 2.70. The smallest absolute Gasteiger partial charge is 0.0175 e. The third-order valence-electron chi connectivity index (χ3n) is 1.09.